The van der Waals surface area contributed by atoms with Crippen molar-refractivity contribution in [2.75, 3.05) is 6.61 Å². The van der Waals surface area contributed by atoms with Crippen LogP contribution in [0.1, 0.15) is 44.7 Å². The normalized spacial score (nSPS) is 11.6. The van der Waals surface area contributed by atoms with E-state index in [4.69, 9.17) is 4.74 Å². The number of hydrogen-bond acceptors (Lipinski definition) is 2. The number of nitrogens with zero attached hydrogens (tertiary/aromatic N) is 1. The van der Waals surface area contributed by atoms with Crippen molar-refractivity contribution in [1.29, 1.82) is 0 Å². The van der Waals surface area contributed by atoms with Crippen LogP contribution in [-0.4, -0.2) is 11.2 Å². The minimum atomic E-state index is 0.0680. The van der Waals surface area contributed by atoms with Gasteiger partial charge in [-0.05, 0) is 65.8 Å². The van der Waals surface area contributed by atoms with Gasteiger partial charge in [0.1, 0.15) is 5.75 Å². The van der Waals surface area contributed by atoms with Crippen LogP contribution in [0, 0.1) is 12.8 Å². The summed E-state index contributed by atoms with van der Waals surface area (Å²) in [6.07, 6.45) is 0. The van der Waals surface area contributed by atoms with E-state index < -0.39 is 0 Å². The van der Waals surface area contributed by atoms with Crippen molar-refractivity contribution >= 4 is 10.9 Å². The van der Waals surface area contributed by atoms with E-state index in [1.54, 1.807) is 6.07 Å². The first-order valence-corrected chi connectivity index (χ1v) is 9.65. The Bertz CT molecular complexity index is 1030. The summed E-state index contributed by atoms with van der Waals surface area (Å²) < 4.78 is 7.98. The third-order valence-electron chi connectivity index (χ3n) is 4.99. The summed E-state index contributed by atoms with van der Waals surface area (Å²) in [5.74, 6) is 1.79. The van der Waals surface area contributed by atoms with Gasteiger partial charge in [-0.15, -0.1) is 0 Å². The van der Waals surface area contributed by atoms with E-state index in [-0.39, 0.29) is 5.43 Å². The summed E-state index contributed by atoms with van der Waals surface area (Å²) >= 11 is 0. The van der Waals surface area contributed by atoms with Crippen LogP contribution < -0.4 is 10.2 Å². The lowest BCUT2D eigenvalue weighted by Crippen LogP contribution is -2.10. The second-order valence-corrected chi connectivity index (χ2v) is 8.07. The van der Waals surface area contributed by atoms with Crippen LogP contribution in [0.5, 0.6) is 5.75 Å². The van der Waals surface area contributed by atoms with Gasteiger partial charge in [-0.1, -0.05) is 33.8 Å². The lowest BCUT2D eigenvalue weighted by atomic mass is 9.99. The topological polar surface area (TPSA) is 31.2 Å². The molecule has 0 N–H and O–H groups in total. The van der Waals surface area contributed by atoms with E-state index in [2.05, 4.69) is 50.5 Å². The highest BCUT2D eigenvalue weighted by molar-refractivity contribution is 5.83. The first-order chi connectivity index (χ1) is 12.8. The Morgan fingerprint density at radius 3 is 2.37 bits per heavy atom. The van der Waals surface area contributed by atoms with E-state index in [0.717, 1.165) is 33.5 Å². The second-order valence-electron chi connectivity index (χ2n) is 8.07. The molecule has 1 heterocycles. The van der Waals surface area contributed by atoms with Crippen molar-refractivity contribution in [3.05, 3.63) is 63.8 Å². The smallest absolute Gasteiger partial charge is 0.190 e. The molecule has 1 aromatic heterocycles. The standard InChI is InChI=1S/C24H29NO2/c1-15(2)14-27-24-10-8-19(11-17(24)5)22-13-23(26)20-12-18(16(3)4)7-9-21(20)25(22)6/h7-13,15-16H,14H2,1-6H3. The van der Waals surface area contributed by atoms with Crippen molar-refractivity contribution in [3.63, 3.8) is 0 Å². The number of hydrogen-bond donors (Lipinski definition) is 0. The third kappa shape index (κ3) is 3.92. The number of pyridine rings is 1. The molecule has 0 aliphatic heterocycles. The predicted molar refractivity (Wildman–Crippen MR) is 114 cm³/mol. The largest absolute Gasteiger partial charge is 0.493 e. The van der Waals surface area contributed by atoms with Gasteiger partial charge >= 0.3 is 0 Å². The number of benzene rings is 2. The Kier molecular flexibility index (Phi) is 5.41. The number of ether oxygens (including phenoxy) is 1. The fourth-order valence-corrected chi connectivity index (χ4v) is 3.34. The van der Waals surface area contributed by atoms with Crippen LogP contribution in [0.4, 0.5) is 0 Å². The molecule has 0 atom stereocenters. The first-order valence-electron chi connectivity index (χ1n) is 9.65. The molecule has 0 amide bonds. The summed E-state index contributed by atoms with van der Waals surface area (Å²) in [6, 6.07) is 14.1. The van der Waals surface area contributed by atoms with E-state index in [1.165, 1.54) is 5.56 Å². The molecule has 3 aromatic rings. The SMILES string of the molecule is Cc1cc(-c2cc(=O)c3cc(C(C)C)ccc3n2C)ccc1OCC(C)C. The molecule has 0 radical (unpaired) electrons. The molecule has 0 unspecified atom stereocenters. The minimum absolute atomic E-state index is 0.0680. The van der Waals surface area contributed by atoms with Gasteiger partial charge < -0.3 is 9.30 Å². The van der Waals surface area contributed by atoms with Crippen molar-refractivity contribution in [3.8, 4) is 17.0 Å². The molecule has 0 saturated carbocycles. The summed E-state index contributed by atoms with van der Waals surface area (Å²) in [4.78, 5) is 12.8. The van der Waals surface area contributed by atoms with Crippen molar-refractivity contribution in [1.82, 2.24) is 4.57 Å². The van der Waals surface area contributed by atoms with Crippen molar-refractivity contribution in [2.45, 2.75) is 40.5 Å². The van der Waals surface area contributed by atoms with Gasteiger partial charge in [0.15, 0.2) is 5.43 Å². The fraction of sp³-hybridized carbons (Fsp3) is 0.375. The lowest BCUT2D eigenvalue weighted by molar-refractivity contribution is 0.269. The van der Waals surface area contributed by atoms with Gasteiger partial charge in [-0.25, -0.2) is 0 Å². The summed E-state index contributed by atoms with van der Waals surface area (Å²) in [6.45, 7) is 11.3. The maximum Gasteiger partial charge on any atom is 0.190 e. The first kappa shape index (κ1) is 19.2. The minimum Gasteiger partial charge on any atom is -0.493 e. The number of aromatic nitrogens is 1. The number of rotatable bonds is 5. The average Bonchev–Trinajstić information content (AvgIpc) is 2.63. The molecule has 3 rings (SSSR count). The van der Waals surface area contributed by atoms with Crippen molar-refractivity contribution < 1.29 is 4.74 Å². The predicted octanol–water partition coefficient (Wildman–Crippen LogP) is 5.67. The molecule has 142 valence electrons. The van der Waals surface area contributed by atoms with Gasteiger partial charge in [0.25, 0.3) is 0 Å². The highest BCUT2D eigenvalue weighted by Gasteiger charge is 2.12. The second kappa shape index (κ2) is 7.59. The van der Waals surface area contributed by atoms with E-state index >= 15 is 0 Å². The Labute approximate surface area is 161 Å². The molecule has 0 saturated heterocycles. The molecule has 0 spiro atoms. The van der Waals surface area contributed by atoms with Crippen LogP contribution in [0.3, 0.4) is 0 Å². The molecular formula is C24H29NO2. The zero-order chi connectivity index (χ0) is 19.7. The highest BCUT2D eigenvalue weighted by atomic mass is 16.5. The maximum atomic E-state index is 12.8. The molecule has 3 heteroatoms. The van der Waals surface area contributed by atoms with Crippen LogP contribution >= 0.6 is 0 Å². The summed E-state index contributed by atoms with van der Waals surface area (Å²) in [7, 11) is 2.02. The van der Waals surface area contributed by atoms with E-state index in [9.17, 15) is 4.79 Å². The molecule has 27 heavy (non-hydrogen) atoms. The fourth-order valence-electron chi connectivity index (χ4n) is 3.34. The quantitative estimate of drug-likeness (QED) is 0.584. The Morgan fingerprint density at radius 2 is 1.74 bits per heavy atom. The third-order valence-corrected chi connectivity index (χ3v) is 4.99. The summed E-state index contributed by atoms with van der Waals surface area (Å²) in [5.41, 5.74) is 5.24. The Morgan fingerprint density at radius 1 is 1.00 bits per heavy atom. The van der Waals surface area contributed by atoms with Crippen LogP contribution in [-0.2, 0) is 7.05 Å². The molecule has 0 bridgehead atoms. The monoisotopic (exact) mass is 363 g/mol. The Balaban J connectivity index is 2.07. The average molecular weight is 364 g/mol. The van der Waals surface area contributed by atoms with Gasteiger partial charge in [-0.3, -0.25) is 4.79 Å². The molecule has 3 nitrogen and oxygen atoms in total. The van der Waals surface area contributed by atoms with Gasteiger partial charge in [0.05, 0.1) is 17.8 Å². The Hall–Kier alpha value is -2.55. The summed E-state index contributed by atoms with van der Waals surface area (Å²) in [5, 5.41) is 0.779. The maximum absolute atomic E-state index is 12.8. The van der Waals surface area contributed by atoms with E-state index in [0.29, 0.717) is 18.4 Å². The molecule has 0 aliphatic carbocycles. The molecule has 0 fully saturated rings. The number of aryl methyl sites for hydroxylation is 2. The van der Waals surface area contributed by atoms with Crippen LogP contribution in [0.2, 0.25) is 0 Å². The molecule has 2 aromatic carbocycles. The lowest BCUT2D eigenvalue weighted by Gasteiger charge is -2.16. The van der Waals surface area contributed by atoms with Gasteiger partial charge in [0.2, 0.25) is 0 Å². The molecule has 0 aliphatic rings. The highest BCUT2D eigenvalue weighted by Crippen LogP contribution is 2.28. The van der Waals surface area contributed by atoms with Crippen molar-refractivity contribution in [2.24, 2.45) is 13.0 Å². The molecular weight excluding hydrogens is 334 g/mol. The van der Waals surface area contributed by atoms with Gasteiger partial charge in [0, 0.05) is 18.5 Å². The zero-order valence-electron chi connectivity index (χ0n) is 17.2. The number of fused-ring (bicyclic) bond motifs is 1. The van der Waals surface area contributed by atoms with E-state index in [1.807, 2.05) is 32.2 Å². The van der Waals surface area contributed by atoms with Gasteiger partial charge in [-0.2, -0.15) is 0 Å². The zero-order valence-corrected chi connectivity index (χ0v) is 17.2. The van der Waals surface area contributed by atoms with Crippen LogP contribution in [0.25, 0.3) is 22.2 Å². The van der Waals surface area contributed by atoms with Crippen LogP contribution in [0.15, 0.2) is 47.3 Å².